The van der Waals surface area contributed by atoms with Crippen molar-refractivity contribution in [1.29, 1.82) is 0 Å². The molecule has 7 nitrogen and oxygen atoms in total. The van der Waals surface area contributed by atoms with Gasteiger partial charge in [-0.2, -0.15) is 0 Å². The van der Waals surface area contributed by atoms with Gasteiger partial charge in [0.25, 0.3) is 0 Å². The highest BCUT2D eigenvalue weighted by molar-refractivity contribution is 5.78. The Hall–Kier alpha value is -2.38. The van der Waals surface area contributed by atoms with E-state index in [1.54, 1.807) is 12.0 Å². The van der Waals surface area contributed by atoms with Gasteiger partial charge in [0, 0.05) is 39.4 Å². The molecule has 1 aromatic carbocycles. The van der Waals surface area contributed by atoms with Gasteiger partial charge in [0.05, 0.1) is 18.7 Å². The average molecular weight is 387 g/mol. The zero-order chi connectivity index (χ0) is 19.8. The lowest BCUT2D eigenvalue weighted by molar-refractivity contribution is -0.136. The number of nitrogens with zero attached hydrogens (tertiary/aromatic N) is 3. The number of carbonyl (C=O) groups excluding carboxylic acids is 1. The molecule has 0 bridgehead atoms. The number of amides is 1. The summed E-state index contributed by atoms with van der Waals surface area (Å²) >= 11 is 0. The van der Waals surface area contributed by atoms with E-state index < -0.39 is 0 Å². The fraction of sp³-hybridized carbons (Fsp3) is 0.524. The number of benzene rings is 1. The van der Waals surface area contributed by atoms with Crippen LogP contribution in [-0.4, -0.2) is 63.0 Å². The van der Waals surface area contributed by atoms with Crippen LogP contribution in [0.5, 0.6) is 0 Å². The highest BCUT2D eigenvalue weighted by Gasteiger charge is 2.26. The van der Waals surface area contributed by atoms with E-state index in [1.165, 1.54) is 13.5 Å². The summed E-state index contributed by atoms with van der Waals surface area (Å²) in [5.41, 5.74) is 2.71. The molecule has 1 saturated heterocycles. The number of aromatic nitrogens is 1. The maximum atomic E-state index is 12.6. The molecule has 2 aromatic rings. The summed E-state index contributed by atoms with van der Waals surface area (Å²) in [4.78, 5) is 16.6. The maximum Gasteiger partial charge on any atom is 0.248 e. The molecular weight excluding hydrogens is 358 g/mol. The van der Waals surface area contributed by atoms with Crippen molar-refractivity contribution in [1.82, 2.24) is 10.1 Å². The maximum absolute atomic E-state index is 12.6. The van der Waals surface area contributed by atoms with Crippen molar-refractivity contribution >= 4 is 11.8 Å². The van der Waals surface area contributed by atoms with Gasteiger partial charge in [0.2, 0.25) is 11.8 Å². The first-order chi connectivity index (χ1) is 13.7. The quantitative estimate of drug-likeness (QED) is 0.659. The SMILES string of the molecule is COCCN(Cc1c(-c2ccccc2)noc1N1CCCCC1)C(=O)COC. The van der Waals surface area contributed by atoms with Crippen LogP contribution in [0.1, 0.15) is 24.8 Å². The molecule has 2 heterocycles. The van der Waals surface area contributed by atoms with Crippen molar-refractivity contribution in [2.75, 3.05) is 52.0 Å². The van der Waals surface area contributed by atoms with Gasteiger partial charge in [-0.15, -0.1) is 0 Å². The molecule has 0 spiro atoms. The lowest BCUT2D eigenvalue weighted by Crippen LogP contribution is -2.37. The van der Waals surface area contributed by atoms with Gasteiger partial charge in [0.15, 0.2) is 0 Å². The summed E-state index contributed by atoms with van der Waals surface area (Å²) in [6.45, 7) is 3.28. The minimum atomic E-state index is -0.0793. The first kappa shape index (κ1) is 20.4. The monoisotopic (exact) mass is 387 g/mol. The van der Waals surface area contributed by atoms with Crippen LogP contribution in [0.4, 0.5) is 5.88 Å². The van der Waals surface area contributed by atoms with Gasteiger partial charge in [-0.25, -0.2) is 0 Å². The summed E-state index contributed by atoms with van der Waals surface area (Å²) in [6, 6.07) is 9.96. The Morgan fingerprint density at radius 2 is 1.89 bits per heavy atom. The van der Waals surface area contributed by atoms with E-state index in [9.17, 15) is 4.79 Å². The van der Waals surface area contributed by atoms with Crippen molar-refractivity contribution in [3.8, 4) is 11.3 Å². The van der Waals surface area contributed by atoms with Gasteiger partial charge in [-0.1, -0.05) is 35.5 Å². The molecule has 0 unspecified atom stereocenters. The van der Waals surface area contributed by atoms with Crippen LogP contribution in [0, 0.1) is 0 Å². The number of carbonyl (C=O) groups is 1. The van der Waals surface area contributed by atoms with Crippen LogP contribution >= 0.6 is 0 Å². The molecule has 0 atom stereocenters. The summed E-state index contributed by atoms with van der Waals surface area (Å²) in [6.07, 6.45) is 3.51. The largest absolute Gasteiger partial charge is 0.383 e. The van der Waals surface area contributed by atoms with Crippen LogP contribution in [0.2, 0.25) is 0 Å². The highest BCUT2D eigenvalue weighted by Crippen LogP contribution is 2.33. The number of rotatable bonds is 9. The molecule has 0 N–H and O–H groups in total. The van der Waals surface area contributed by atoms with Crippen molar-refractivity contribution in [2.45, 2.75) is 25.8 Å². The fourth-order valence-corrected chi connectivity index (χ4v) is 3.51. The Morgan fingerprint density at radius 1 is 1.14 bits per heavy atom. The molecule has 152 valence electrons. The number of hydrogen-bond acceptors (Lipinski definition) is 6. The predicted octanol–water partition coefficient (Wildman–Crippen LogP) is 2.95. The van der Waals surface area contributed by atoms with Crippen molar-refractivity contribution < 1.29 is 18.8 Å². The second-order valence-electron chi connectivity index (χ2n) is 6.97. The first-order valence-electron chi connectivity index (χ1n) is 9.79. The molecule has 0 radical (unpaired) electrons. The zero-order valence-electron chi connectivity index (χ0n) is 16.7. The first-order valence-corrected chi connectivity index (χ1v) is 9.79. The standard InChI is InChI=1S/C21H29N3O4/c1-26-14-13-24(19(25)16-27-2)15-18-20(17-9-5-3-6-10-17)22-28-21(18)23-11-7-4-8-12-23/h3,5-6,9-10H,4,7-8,11-16H2,1-2H3. The fourth-order valence-electron chi connectivity index (χ4n) is 3.51. The van der Waals surface area contributed by atoms with Crippen LogP contribution in [0.3, 0.4) is 0 Å². The summed E-state index contributed by atoms with van der Waals surface area (Å²) in [5.74, 6) is 0.690. The van der Waals surface area contributed by atoms with E-state index in [0.717, 1.165) is 48.6 Å². The highest BCUT2D eigenvalue weighted by atomic mass is 16.5. The minimum absolute atomic E-state index is 0.0364. The van der Waals surface area contributed by atoms with Gasteiger partial charge >= 0.3 is 0 Å². The molecule has 1 fully saturated rings. The van der Waals surface area contributed by atoms with Gasteiger partial charge in [-0.3, -0.25) is 4.79 Å². The molecule has 7 heteroatoms. The minimum Gasteiger partial charge on any atom is -0.383 e. The van der Waals surface area contributed by atoms with Gasteiger partial charge < -0.3 is 23.8 Å². The Bertz CT molecular complexity index is 741. The van der Waals surface area contributed by atoms with Crippen molar-refractivity contribution in [3.05, 3.63) is 35.9 Å². The van der Waals surface area contributed by atoms with Crippen LogP contribution in [0.15, 0.2) is 34.9 Å². The number of methoxy groups -OCH3 is 2. The topological polar surface area (TPSA) is 68.0 Å². The summed E-state index contributed by atoms with van der Waals surface area (Å²) < 4.78 is 16.1. The van der Waals surface area contributed by atoms with Crippen LogP contribution in [0.25, 0.3) is 11.3 Å². The smallest absolute Gasteiger partial charge is 0.248 e. The molecular formula is C21H29N3O4. The lowest BCUT2D eigenvalue weighted by atomic mass is 10.1. The second-order valence-corrected chi connectivity index (χ2v) is 6.97. The number of piperidine rings is 1. The molecule has 1 aromatic heterocycles. The molecule has 28 heavy (non-hydrogen) atoms. The Morgan fingerprint density at radius 3 is 2.57 bits per heavy atom. The molecule has 0 saturated carbocycles. The zero-order valence-corrected chi connectivity index (χ0v) is 16.7. The third kappa shape index (κ3) is 4.91. The second kappa shape index (κ2) is 10.2. The van der Waals surface area contributed by atoms with E-state index in [4.69, 9.17) is 14.0 Å². The van der Waals surface area contributed by atoms with Crippen molar-refractivity contribution in [3.63, 3.8) is 0 Å². The average Bonchev–Trinajstić information content (AvgIpc) is 3.16. The van der Waals surface area contributed by atoms with E-state index in [1.807, 2.05) is 30.3 Å². The molecule has 1 aliphatic heterocycles. The van der Waals surface area contributed by atoms with E-state index in [2.05, 4.69) is 10.1 Å². The van der Waals surface area contributed by atoms with Gasteiger partial charge in [0.1, 0.15) is 12.3 Å². The molecule has 3 rings (SSSR count). The number of anilines is 1. The van der Waals surface area contributed by atoms with Crippen LogP contribution in [-0.2, 0) is 20.8 Å². The number of ether oxygens (including phenoxy) is 2. The predicted molar refractivity (Wildman–Crippen MR) is 107 cm³/mol. The summed E-state index contributed by atoms with van der Waals surface area (Å²) in [5, 5.41) is 4.38. The summed E-state index contributed by atoms with van der Waals surface area (Å²) in [7, 11) is 3.16. The van der Waals surface area contributed by atoms with E-state index in [0.29, 0.717) is 19.7 Å². The van der Waals surface area contributed by atoms with Crippen molar-refractivity contribution in [2.24, 2.45) is 0 Å². The Balaban J connectivity index is 1.94. The third-order valence-corrected chi connectivity index (χ3v) is 4.99. The van der Waals surface area contributed by atoms with Gasteiger partial charge in [-0.05, 0) is 19.3 Å². The Kier molecular flexibility index (Phi) is 7.45. The van der Waals surface area contributed by atoms with E-state index >= 15 is 0 Å². The molecule has 1 amide bonds. The Labute approximate surface area is 166 Å². The normalized spacial score (nSPS) is 14.3. The lowest BCUT2D eigenvalue weighted by Gasteiger charge is -2.28. The molecule has 0 aliphatic carbocycles. The van der Waals surface area contributed by atoms with Crippen LogP contribution < -0.4 is 4.90 Å². The van der Waals surface area contributed by atoms with E-state index in [-0.39, 0.29) is 12.5 Å². The number of hydrogen-bond donors (Lipinski definition) is 0. The molecule has 1 aliphatic rings. The third-order valence-electron chi connectivity index (χ3n) is 4.99.